The highest BCUT2D eigenvalue weighted by atomic mass is 16.3. The molecular formula is C20H28N4O. The standard InChI is InChI=1S/C20H28N4O/c1-16(2)24-14-19(21-22-24)20(25)10-7-11-23(15-20)13-17(3)12-18-8-5-4-6-9-18/h4-6,8-9,12,14,16,25H,7,10-11,13,15H2,1-3H3. The van der Waals surface area contributed by atoms with Gasteiger partial charge in [-0.1, -0.05) is 47.2 Å². The van der Waals surface area contributed by atoms with Crippen molar-refractivity contribution in [1.29, 1.82) is 0 Å². The summed E-state index contributed by atoms with van der Waals surface area (Å²) in [6.45, 7) is 8.73. The zero-order valence-corrected chi connectivity index (χ0v) is 15.4. The maximum Gasteiger partial charge on any atom is 0.123 e. The van der Waals surface area contributed by atoms with Crippen LogP contribution in [-0.4, -0.2) is 44.6 Å². The summed E-state index contributed by atoms with van der Waals surface area (Å²) >= 11 is 0. The van der Waals surface area contributed by atoms with E-state index in [1.54, 1.807) is 0 Å². The van der Waals surface area contributed by atoms with E-state index in [9.17, 15) is 5.11 Å². The molecule has 0 aliphatic carbocycles. The molecule has 1 saturated heterocycles. The molecule has 1 atom stereocenters. The molecule has 2 aromatic rings. The molecule has 3 rings (SSSR count). The number of aromatic nitrogens is 3. The first-order chi connectivity index (χ1) is 12.0. The molecule has 1 aromatic carbocycles. The van der Waals surface area contributed by atoms with Gasteiger partial charge in [-0.25, -0.2) is 4.68 Å². The molecule has 134 valence electrons. The number of likely N-dealkylation sites (tertiary alicyclic amines) is 1. The summed E-state index contributed by atoms with van der Waals surface area (Å²) in [5.74, 6) is 0. The van der Waals surface area contributed by atoms with Crippen molar-refractivity contribution in [3.8, 4) is 0 Å². The zero-order valence-electron chi connectivity index (χ0n) is 15.4. The van der Waals surface area contributed by atoms with Crippen LogP contribution < -0.4 is 0 Å². The molecule has 1 unspecified atom stereocenters. The van der Waals surface area contributed by atoms with Crippen molar-refractivity contribution in [2.24, 2.45) is 0 Å². The second kappa shape index (κ2) is 7.50. The maximum atomic E-state index is 11.1. The minimum atomic E-state index is -0.904. The van der Waals surface area contributed by atoms with Gasteiger partial charge in [-0.3, -0.25) is 4.90 Å². The Morgan fingerprint density at radius 3 is 2.76 bits per heavy atom. The molecule has 25 heavy (non-hydrogen) atoms. The van der Waals surface area contributed by atoms with E-state index in [0.717, 1.165) is 25.9 Å². The van der Waals surface area contributed by atoms with Gasteiger partial charge in [0.2, 0.25) is 0 Å². The number of nitrogens with zero attached hydrogens (tertiary/aromatic N) is 4. The third-order valence-corrected chi connectivity index (χ3v) is 4.75. The van der Waals surface area contributed by atoms with Gasteiger partial charge >= 0.3 is 0 Å². The Morgan fingerprint density at radius 1 is 1.32 bits per heavy atom. The summed E-state index contributed by atoms with van der Waals surface area (Å²) in [6.07, 6.45) is 5.80. The van der Waals surface area contributed by atoms with Crippen LogP contribution in [0.3, 0.4) is 0 Å². The lowest BCUT2D eigenvalue weighted by atomic mass is 9.89. The van der Waals surface area contributed by atoms with E-state index in [1.165, 1.54) is 11.1 Å². The monoisotopic (exact) mass is 340 g/mol. The van der Waals surface area contributed by atoms with Gasteiger partial charge in [-0.2, -0.15) is 0 Å². The van der Waals surface area contributed by atoms with Gasteiger partial charge in [0.1, 0.15) is 11.3 Å². The molecule has 1 aromatic heterocycles. The zero-order chi connectivity index (χ0) is 17.9. The molecule has 1 fully saturated rings. The third-order valence-electron chi connectivity index (χ3n) is 4.75. The van der Waals surface area contributed by atoms with Crippen LogP contribution in [0.5, 0.6) is 0 Å². The van der Waals surface area contributed by atoms with E-state index in [-0.39, 0.29) is 6.04 Å². The fourth-order valence-electron chi connectivity index (χ4n) is 3.44. The first-order valence-electron chi connectivity index (χ1n) is 9.05. The molecule has 0 amide bonds. The predicted molar refractivity (Wildman–Crippen MR) is 100 cm³/mol. The van der Waals surface area contributed by atoms with E-state index < -0.39 is 5.60 Å². The maximum absolute atomic E-state index is 11.1. The van der Waals surface area contributed by atoms with Gasteiger partial charge in [-0.05, 0) is 45.7 Å². The van der Waals surface area contributed by atoms with Gasteiger partial charge < -0.3 is 5.11 Å². The smallest absolute Gasteiger partial charge is 0.123 e. The van der Waals surface area contributed by atoms with Gasteiger partial charge in [-0.15, -0.1) is 5.10 Å². The number of hydrogen-bond donors (Lipinski definition) is 1. The summed E-state index contributed by atoms with van der Waals surface area (Å²) in [6, 6.07) is 10.6. The molecule has 0 bridgehead atoms. The number of hydrogen-bond acceptors (Lipinski definition) is 4. The predicted octanol–water partition coefficient (Wildman–Crippen LogP) is 3.25. The van der Waals surface area contributed by atoms with Crippen LogP contribution in [0.4, 0.5) is 0 Å². The van der Waals surface area contributed by atoms with Crippen LogP contribution in [0.15, 0.2) is 42.1 Å². The Labute approximate surface area is 150 Å². The van der Waals surface area contributed by atoms with Crippen molar-refractivity contribution in [3.05, 3.63) is 53.4 Å². The lowest BCUT2D eigenvalue weighted by Gasteiger charge is -2.38. The molecule has 0 radical (unpaired) electrons. The summed E-state index contributed by atoms with van der Waals surface area (Å²) in [5.41, 5.74) is 2.29. The summed E-state index contributed by atoms with van der Waals surface area (Å²) < 4.78 is 1.81. The Morgan fingerprint density at radius 2 is 2.08 bits per heavy atom. The number of benzene rings is 1. The molecular weight excluding hydrogens is 312 g/mol. The number of aliphatic hydroxyl groups is 1. The second-order valence-corrected chi connectivity index (χ2v) is 7.42. The average Bonchev–Trinajstić information content (AvgIpc) is 3.07. The SMILES string of the molecule is CC(=Cc1ccccc1)CN1CCCC(O)(c2cn(C(C)C)nn2)C1. The van der Waals surface area contributed by atoms with E-state index in [1.807, 2.05) is 16.9 Å². The Hall–Kier alpha value is -1.98. The normalized spacial score (nSPS) is 22.5. The lowest BCUT2D eigenvalue weighted by Crippen LogP contribution is -2.46. The van der Waals surface area contributed by atoms with Crippen LogP contribution in [-0.2, 0) is 5.60 Å². The van der Waals surface area contributed by atoms with Crippen LogP contribution >= 0.6 is 0 Å². The quantitative estimate of drug-likeness (QED) is 0.908. The third kappa shape index (κ3) is 4.35. The van der Waals surface area contributed by atoms with Gasteiger partial charge in [0, 0.05) is 19.1 Å². The van der Waals surface area contributed by atoms with Crippen molar-refractivity contribution in [2.45, 2.75) is 45.3 Å². The average molecular weight is 340 g/mol. The fraction of sp³-hybridized carbons (Fsp3) is 0.500. The molecule has 0 spiro atoms. The van der Waals surface area contributed by atoms with E-state index in [0.29, 0.717) is 12.2 Å². The topological polar surface area (TPSA) is 54.2 Å². The van der Waals surface area contributed by atoms with Crippen molar-refractivity contribution in [2.75, 3.05) is 19.6 Å². The Bertz CT molecular complexity index is 722. The van der Waals surface area contributed by atoms with Crippen molar-refractivity contribution in [3.63, 3.8) is 0 Å². The number of rotatable bonds is 5. The summed E-state index contributed by atoms with van der Waals surface area (Å²) in [7, 11) is 0. The Kier molecular flexibility index (Phi) is 5.35. The molecule has 2 heterocycles. The second-order valence-electron chi connectivity index (χ2n) is 7.42. The molecule has 5 heteroatoms. The van der Waals surface area contributed by atoms with E-state index in [2.05, 4.69) is 66.3 Å². The van der Waals surface area contributed by atoms with E-state index >= 15 is 0 Å². The Balaban J connectivity index is 1.68. The summed E-state index contributed by atoms with van der Waals surface area (Å²) in [4.78, 5) is 2.31. The first kappa shape index (κ1) is 17.8. The molecule has 5 nitrogen and oxygen atoms in total. The first-order valence-corrected chi connectivity index (χ1v) is 9.05. The van der Waals surface area contributed by atoms with Crippen molar-refractivity contribution < 1.29 is 5.11 Å². The number of β-amino-alcohol motifs (C(OH)–C–C–N with tert-alkyl or cyclic N) is 1. The van der Waals surface area contributed by atoms with Gasteiger partial charge in [0.15, 0.2) is 0 Å². The number of piperidine rings is 1. The minimum Gasteiger partial charge on any atom is -0.382 e. The highest BCUT2D eigenvalue weighted by Crippen LogP contribution is 2.30. The molecule has 1 aliphatic rings. The molecule has 1 aliphatic heterocycles. The summed E-state index contributed by atoms with van der Waals surface area (Å²) in [5, 5.41) is 19.5. The van der Waals surface area contributed by atoms with Crippen LogP contribution in [0.25, 0.3) is 6.08 Å². The van der Waals surface area contributed by atoms with Crippen molar-refractivity contribution >= 4 is 6.08 Å². The minimum absolute atomic E-state index is 0.251. The largest absolute Gasteiger partial charge is 0.382 e. The van der Waals surface area contributed by atoms with Gasteiger partial charge in [0.25, 0.3) is 0 Å². The van der Waals surface area contributed by atoms with Crippen molar-refractivity contribution in [1.82, 2.24) is 19.9 Å². The highest BCUT2D eigenvalue weighted by molar-refractivity contribution is 5.52. The fourth-order valence-corrected chi connectivity index (χ4v) is 3.44. The highest BCUT2D eigenvalue weighted by Gasteiger charge is 2.37. The van der Waals surface area contributed by atoms with Crippen LogP contribution in [0, 0.1) is 0 Å². The molecule has 1 N–H and O–H groups in total. The van der Waals surface area contributed by atoms with Crippen LogP contribution in [0.2, 0.25) is 0 Å². The van der Waals surface area contributed by atoms with Crippen LogP contribution in [0.1, 0.15) is 50.9 Å². The lowest BCUT2D eigenvalue weighted by molar-refractivity contribution is -0.0362. The van der Waals surface area contributed by atoms with E-state index in [4.69, 9.17) is 0 Å². The van der Waals surface area contributed by atoms with Gasteiger partial charge in [0.05, 0.1) is 6.20 Å². The molecule has 0 saturated carbocycles.